The fourth-order valence-corrected chi connectivity index (χ4v) is 5.41. The number of hydrogen-bond donors (Lipinski definition) is 1. The lowest BCUT2D eigenvalue weighted by Gasteiger charge is -2.18. The number of fused-ring (bicyclic) bond motifs is 1. The molecule has 1 fully saturated rings. The number of nitrogens with one attached hydrogen (secondary N) is 1. The zero-order chi connectivity index (χ0) is 24.5. The molecule has 10 heteroatoms. The van der Waals surface area contributed by atoms with Gasteiger partial charge >= 0.3 is 0 Å². The van der Waals surface area contributed by atoms with Gasteiger partial charge in [0.2, 0.25) is 5.91 Å². The summed E-state index contributed by atoms with van der Waals surface area (Å²) >= 11 is 7.25. The Hall–Kier alpha value is -3.27. The van der Waals surface area contributed by atoms with E-state index in [1.54, 1.807) is 17.2 Å². The van der Waals surface area contributed by atoms with Crippen LogP contribution in [0.5, 0.6) is 0 Å². The zero-order valence-corrected chi connectivity index (χ0v) is 21.0. The minimum absolute atomic E-state index is 0.0495. The van der Waals surface area contributed by atoms with Crippen LogP contribution >= 0.6 is 22.9 Å². The van der Waals surface area contributed by atoms with Crippen molar-refractivity contribution in [1.29, 1.82) is 0 Å². The lowest BCUT2D eigenvalue weighted by Crippen LogP contribution is -2.30. The lowest BCUT2D eigenvalue weighted by molar-refractivity contribution is -0.117. The van der Waals surface area contributed by atoms with Crippen molar-refractivity contribution in [3.8, 4) is 5.69 Å². The maximum absolute atomic E-state index is 12.7. The van der Waals surface area contributed by atoms with Crippen molar-refractivity contribution in [2.45, 2.75) is 13.0 Å². The molecule has 0 aliphatic carbocycles. The second-order valence-electron chi connectivity index (χ2n) is 8.89. The second-order valence-corrected chi connectivity index (χ2v) is 10.3. The lowest BCUT2D eigenvalue weighted by atomic mass is 10.1. The standard InChI is InChI=1S/C25H25ClN6O2S/c1-30(2)15-22-27-9-10-31(22)18-4-6-19(7-5-18)32-14-16(11-23(32)33)13-28-24(34)20-12-17-3-8-21(26)29-25(17)35-20/h3-10,12,16H,11,13-15H2,1-2H3,(H,28,34). The molecule has 1 N–H and O–H groups in total. The summed E-state index contributed by atoms with van der Waals surface area (Å²) in [5, 5.41) is 4.27. The molecule has 180 valence electrons. The number of nitrogens with zero attached hydrogens (tertiary/aromatic N) is 5. The topological polar surface area (TPSA) is 83.4 Å². The van der Waals surface area contributed by atoms with Crippen LogP contribution in [0.4, 0.5) is 5.69 Å². The van der Waals surface area contributed by atoms with Crippen molar-refractivity contribution < 1.29 is 9.59 Å². The Labute approximate surface area is 212 Å². The van der Waals surface area contributed by atoms with E-state index in [0.29, 0.717) is 29.5 Å². The van der Waals surface area contributed by atoms with E-state index in [1.807, 2.05) is 61.3 Å². The summed E-state index contributed by atoms with van der Waals surface area (Å²) in [6.07, 6.45) is 4.13. The number of carbonyl (C=O) groups is 2. The van der Waals surface area contributed by atoms with Gasteiger partial charge in [-0.2, -0.15) is 0 Å². The van der Waals surface area contributed by atoms with Crippen LogP contribution in [0.15, 0.2) is 54.9 Å². The minimum Gasteiger partial charge on any atom is -0.351 e. The molecule has 2 amide bonds. The number of benzene rings is 1. The molecule has 0 radical (unpaired) electrons. The van der Waals surface area contributed by atoms with E-state index in [2.05, 4.69) is 20.2 Å². The summed E-state index contributed by atoms with van der Waals surface area (Å²) in [6.45, 7) is 1.74. The highest BCUT2D eigenvalue weighted by Crippen LogP contribution is 2.28. The van der Waals surface area contributed by atoms with Gasteiger partial charge < -0.3 is 19.7 Å². The average molecular weight is 509 g/mol. The first-order valence-electron chi connectivity index (χ1n) is 11.3. The highest BCUT2D eigenvalue weighted by molar-refractivity contribution is 7.20. The third-order valence-corrected chi connectivity index (χ3v) is 7.20. The van der Waals surface area contributed by atoms with E-state index in [9.17, 15) is 9.59 Å². The van der Waals surface area contributed by atoms with Crippen molar-refractivity contribution in [2.24, 2.45) is 5.92 Å². The van der Waals surface area contributed by atoms with Gasteiger partial charge in [0.05, 0.1) is 11.4 Å². The van der Waals surface area contributed by atoms with Gasteiger partial charge in [-0.15, -0.1) is 11.3 Å². The molecule has 0 saturated carbocycles. The predicted molar refractivity (Wildman–Crippen MR) is 138 cm³/mol. The smallest absolute Gasteiger partial charge is 0.261 e. The Morgan fingerprint density at radius 3 is 2.74 bits per heavy atom. The van der Waals surface area contributed by atoms with Gasteiger partial charge in [-0.1, -0.05) is 11.6 Å². The van der Waals surface area contributed by atoms with E-state index < -0.39 is 0 Å². The molecule has 35 heavy (non-hydrogen) atoms. The molecule has 5 rings (SSSR count). The van der Waals surface area contributed by atoms with Gasteiger partial charge in [0, 0.05) is 54.6 Å². The summed E-state index contributed by atoms with van der Waals surface area (Å²) < 4.78 is 2.05. The third kappa shape index (κ3) is 5.07. The Morgan fingerprint density at radius 1 is 1.20 bits per heavy atom. The largest absolute Gasteiger partial charge is 0.351 e. The number of aromatic nitrogens is 3. The Kier molecular flexibility index (Phi) is 6.55. The molecule has 1 unspecified atom stereocenters. The number of anilines is 1. The van der Waals surface area contributed by atoms with Crippen LogP contribution in [0.1, 0.15) is 21.9 Å². The van der Waals surface area contributed by atoms with Crippen LogP contribution in [-0.4, -0.2) is 58.4 Å². The van der Waals surface area contributed by atoms with Gasteiger partial charge in [0.15, 0.2) is 0 Å². The normalized spacial score (nSPS) is 15.9. The number of hydrogen-bond acceptors (Lipinski definition) is 6. The maximum Gasteiger partial charge on any atom is 0.261 e. The minimum atomic E-state index is -0.159. The fourth-order valence-electron chi connectivity index (χ4n) is 4.26. The summed E-state index contributed by atoms with van der Waals surface area (Å²) in [6, 6.07) is 13.3. The zero-order valence-electron chi connectivity index (χ0n) is 19.4. The molecule has 1 saturated heterocycles. The third-order valence-electron chi connectivity index (χ3n) is 5.94. The molecule has 8 nitrogen and oxygen atoms in total. The summed E-state index contributed by atoms with van der Waals surface area (Å²) in [4.78, 5) is 39.3. The van der Waals surface area contributed by atoms with Crippen LogP contribution in [0.3, 0.4) is 0 Å². The molecule has 1 aliphatic rings. The number of amides is 2. The van der Waals surface area contributed by atoms with Gasteiger partial charge in [0.1, 0.15) is 15.8 Å². The van der Waals surface area contributed by atoms with E-state index in [-0.39, 0.29) is 17.7 Å². The predicted octanol–water partition coefficient (Wildman–Crippen LogP) is 3.98. The number of imidazole rings is 1. The van der Waals surface area contributed by atoms with Crippen LogP contribution in [-0.2, 0) is 11.3 Å². The summed E-state index contributed by atoms with van der Waals surface area (Å²) in [5.74, 6) is 0.906. The molecule has 4 aromatic rings. The Balaban J connectivity index is 1.21. The summed E-state index contributed by atoms with van der Waals surface area (Å²) in [5.41, 5.74) is 1.85. The Morgan fingerprint density at radius 2 is 1.97 bits per heavy atom. The SMILES string of the molecule is CN(C)Cc1nccn1-c1ccc(N2CC(CNC(=O)c3cc4ccc(Cl)nc4s3)CC2=O)cc1. The molecule has 0 spiro atoms. The van der Waals surface area contributed by atoms with E-state index in [1.165, 1.54) is 11.3 Å². The molecule has 3 aromatic heterocycles. The Bertz CT molecular complexity index is 1380. The van der Waals surface area contributed by atoms with Crippen molar-refractivity contribution in [3.05, 3.63) is 70.7 Å². The van der Waals surface area contributed by atoms with Gasteiger partial charge in [-0.25, -0.2) is 9.97 Å². The fraction of sp³-hybridized carbons (Fsp3) is 0.280. The first-order chi connectivity index (χ1) is 16.9. The number of halogens is 1. The first kappa shape index (κ1) is 23.5. The van der Waals surface area contributed by atoms with E-state index in [4.69, 9.17) is 11.6 Å². The second kappa shape index (κ2) is 9.77. The number of thiophene rings is 1. The maximum atomic E-state index is 12.7. The van der Waals surface area contributed by atoms with E-state index in [0.717, 1.165) is 34.0 Å². The molecule has 1 atom stereocenters. The molecular formula is C25H25ClN6O2S. The number of carbonyl (C=O) groups excluding carboxylic acids is 2. The quantitative estimate of drug-likeness (QED) is 0.382. The average Bonchev–Trinajstić information content (AvgIpc) is 3.55. The highest BCUT2D eigenvalue weighted by Gasteiger charge is 2.31. The van der Waals surface area contributed by atoms with Gasteiger partial charge in [-0.3, -0.25) is 9.59 Å². The number of pyridine rings is 1. The van der Waals surface area contributed by atoms with Gasteiger partial charge in [-0.05, 0) is 56.6 Å². The van der Waals surface area contributed by atoms with Crippen LogP contribution in [0.2, 0.25) is 5.15 Å². The molecule has 1 aliphatic heterocycles. The van der Waals surface area contributed by atoms with E-state index >= 15 is 0 Å². The first-order valence-corrected chi connectivity index (χ1v) is 12.5. The van der Waals surface area contributed by atoms with Crippen molar-refractivity contribution in [2.75, 3.05) is 32.1 Å². The molecular weight excluding hydrogens is 484 g/mol. The monoisotopic (exact) mass is 508 g/mol. The molecule has 1 aromatic carbocycles. The number of rotatable bonds is 7. The van der Waals surface area contributed by atoms with Gasteiger partial charge in [0.25, 0.3) is 5.91 Å². The summed E-state index contributed by atoms with van der Waals surface area (Å²) in [7, 11) is 4.02. The van der Waals surface area contributed by atoms with Crippen LogP contribution in [0.25, 0.3) is 15.9 Å². The van der Waals surface area contributed by atoms with Crippen LogP contribution < -0.4 is 10.2 Å². The van der Waals surface area contributed by atoms with Crippen molar-refractivity contribution in [1.82, 2.24) is 24.8 Å². The molecule has 4 heterocycles. The highest BCUT2D eigenvalue weighted by atomic mass is 35.5. The molecule has 0 bridgehead atoms. The van der Waals surface area contributed by atoms with Crippen LogP contribution in [0, 0.1) is 5.92 Å². The van der Waals surface area contributed by atoms with Crippen molar-refractivity contribution in [3.63, 3.8) is 0 Å². The van der Waals surface area contributed by atoms with Crippen molar-refractivity contribution >= 4 is 50.7 Å².